The average molecular weight is 418 g/mol. The monoisotopic (exact) mass is 417 g/mol. The van der Waals surface area contributed by atoms with E-state index in [1.807, 2.05) is 55.5 Å². The van der Waals surface area contributed by atoms with Crippen molar-refractivity contribution < 1.29 is 14.3 Å². The summed E-state index contributed by atoms with van der Waals surface area (Å²) in [5.74, 6) is 0.523. The van der Waals surface area contributed by atoms with E-state index in [2.05, 4.69) is 15.9 Å². The van der Waals surface area contributed by atoms with E-state index >= 15 is 0 Å². The molecule has 0 atom stereocenters. The Morgan fingerprint density at radius 1 is 1.08 bits per heavy atom. The Bertz CT molecular complexity index is 816. The van der Waals surface area contributed by atoms with Crippen LogP contribution >= 0.6 is 27.7 Å². The van der Waals surface area contributed by atoms with Crippen LogP contribution in [0, 0.1) is 0 Å². The highest BCUT2D eigenvalue weighted by Gasteiger charge is 2.34. The minimum Gasteiger partial charge on any atom is -0.494 e. The number of benzene rings is 2. The SMILES string of the molecule is CCOc1ccc(/C=C2\SC(=O)N(Cc3ccc(Br)cc3)C2=O)cc1. The summed E-state index contributed by atoms with van der Waals surface area (Å²) >= 11 is 4.35. The third-order valence-electron chi connectivity index (χ3n) is 3.62. The fourth-order valence-electron chi connectivity index (χ4n) is 2.39. The topological polar surface area (TPSA) is 46.6 Å². The van der Waals surface area contributed by atoms with Crippen molar-refractivity contribution in [1.29, 1.82) is 0 Å². The van der Waals surface area contributed by atoms with Crippen molar-refractivity contribution in [3.8, 4) is 5.75 Å². The van der Waals surface area contributed by atoms with Crippen molar-refractivity contribution in [2.75, 3.05) is 6.61 Å². The molecular formula is C19H16BrNO3S. The van der Waals surface area contributed by atoms with Gasteiger partial charge in [-0.2, -0.15) is 0 Å². The van der Waals surface area contributed by atoms with Gasteiger partial charge in [-0.25, -0.2) is 0 Å². The van der Waals surface area contributed by atoms with Crippen LogP contribution in [0.15, 0.2) is 57.9 Å². The molecule has 1 aliphatic rings. The molecule has 1 aliphatic heterocycles. The minimum atomic E-state index is -0.258. The molecule has 128 valence electrons. The first-order valence-electron chi connectivity index (χ1n) is 7.79. The second-order valence-corrected chi connectivity index (χ2v) is 7.31. The standard InChI is InChI=1S/C19H16BrNO3S/c1-2-24-16-9-5-13(6-10-16)11-17-18(22)21(19(23)25-17)12-14-3-7-15(20)8-4-14/h3-11H,2,12H2,1H3/b17-11-. The number of ether oxygens (including phenoxy) is 1. The number of imide groups is 1. The number of rotatable bonds is 5. The predicted octanol–water partition coefficient (Wildman–Crippen LogP) is 5.08. The zero-order chi connectivity index (χ0) is 17.8. The lowest BCUT2D eigenvalue weighted by molar-refractivity contribution is -0.123. The highest BCUT2D eigenvalue weighted by molar-refractivity contribution is 9.10. The van der Waals surface area contributed by atoms with Crippen molar-refractivity contribution in [1.82, 2.24) is 4.90 Å². The van der Waals surface area contributed by atoms with Crippen LogP contribution < -0.4 is 4.74 Å². The number of thioether (sulfide) groups is 1. The molecule has 0 N–H and O–H groups in total. The van der Waals surface area contributed by atoms with Gasteiger partial charge in [0.2, 0.25) is 0 Å². The largest absolute Gasteiger partial charge is 0.494 e. The minimum absolute atomic E-state index is 0.245. The molecule has 25 heavy (non-hydrogen) atoms. The normalized spacial score (nSPS) is 15.9. The van der Waals surface area contributed by atoms with Crippen molar-refractivity contribution in [3.05, 3.63) is 69.0 Å². The van der Waals surface area contributed by atoms with Gasteiger partial charge in [-0.15, -0.1) is 0 Å². The zero-order valence-corrected chi connectivity index (χ0v) is 16.0. The molecule has 2 aromatic carbocycles. The van der Waals surface area contributed by atoms with Gasteiger partial charge in [-0.3, -0.25) is 14.5 Å². The van der Waals surface area contributed by atoms with Gasteiger partial charge in [0, 0.05) is 4.47 Å². The molecule has 1 heterocycles. The fourth-order valence-corrected chi connectivity index (χ4v) is 3.49. The van der Waals surface area contributed by atoms with Gasteiger partial charge in [0.05, 0.1) is 18.1 Å². The molecule has 0 saturated carbocycles. The molecule has 1 fully saturated rings. The fraction of sp³-hybridized carbons (Fsp3) is 0.158. The van der Waals surface area contributed by atoms with E-state index in [1.165, 1.54) is 4.90 Å². The number of nitrogens with zero attached hydrogens (tertiary/aromatic N) is 1. The molecule has 3 rings (SSSR count). The first kappa shape index (κ1) is 17.8. The highest BCUT2D eigenvalue weighted by atomic mass is 79.9. The molecule has 2 aromatic rings. The maximum atomic E-state index is 12.5. The Kier molecular flexibility index (Phi) is 5.60. The van der Waals surface area contributed by atoms with E-state index in [0.29, 0.717) is 11.5 Å². The van der Waals surface area contributed by atoms with Gasteiger partial charge >= 0.3 is 0 Å². The van der Waals surface area contributed by atoms with Gasteiger partial charge in [0.15, 0.2) is 0 Å². The summed E-state index contributed by atoms with van der Waals surface area (Å²) in [7, 11) is 0. The third-order valence-corrected chi connectivity index (χ3v) is 5.05. The maximum absolute atomic E-state index is 12.5. The van der Waals surface area contributed by atoms with E-state index in [0.717, 1.165) is 33.1 Å². The number of hydrogen-bond donors (Lipinski definition) is 0. The van der Waals surface area contributed by atoms with Crippen LogP contribution in [-0.2, 0) is 11.3 Å². The molecule has 0 aliphatic carbocycles. The molecule has 0 unspecified atom stereocenters. The zero-order valence-electron chi connectivity index (χ0n) is 13.6. The Labute approximate surface area is 159 Å². The Hall–Kier alpha value is -2.05. The molecule has 4 nitrogen and oxygen atoms in total. The first-order valence-corrected chi connectivity index (χ1v) is 9.40. The first-order chi connectivity index (χ1) is 12.1. The summed E-state index contributed by atoms with van der Waals surface area (Å²) in [6.07, 6.45) is 1.74. The summed E-state index contributed by atoms with van der Waals surface area (Å²) in [4.78, 5) is 26.4. The van der Waals surface area contributed by atoms with Gasteiger partial charge in [-0.1, -0.05) is 40.2 Å². The molecule has 6 heteroatoms. The van der Waals surface area contributed by atoms with Crippen molar-refractivity contribution in [2.24, 2.45) is 0 Å². The average Bonchev–Trinajstić information content (AvgIpc) is 2.86. The molecule has 0 spiro atoms. The van der Waals surface area contributed by atoms with E-state index < -0.39 is 0 Å². The summed E-state index contributed by atoms with van der Waals surface area (Å²) in [6.45, 7) is 2.81. The van der Waals surface area contributed by atoms with Crippen LogP contribution in [-0.4, -0.2) is 22.7 Å². The lowest BCUT2D eigenvalue weighted by Crippen LogP contribution is -2.27. The molecule has 0 aromatic heterocycles. The van der Waals surface area contributed by atoms with Crippen LogP contribution in [0.5, 0.6) is 5.75 Å². The Morgan fingerprint density at radius 3 is 2.40 bits per heavy atom. The van der Waals surface area contributed by atoms with E-state index in [1.54, 1.807) is 6.08 Å². The highest BCUT2D eigenvalue weighted by Crippen LogP contribution is 2.33. The smallest absolute Gasteiger partial charge is 0.293 e. The summed E-state index contributed by atoms with van der Waals surface area (Å²) in [5.41, 5.74) is 1.77. The molecule has 1 saturated heterocycles. The van der Waals surface area contributed by atoms with Gasteiger partial charge in [0.1, 0.15) is 5.75 Å². The second-order valence-electron chi connectivity index (χ2n) is 5.40. The lowest BCUT2D eigenvalue weighted by Gasteiger charge is -2.12. The maximum Gasteiger partial charge on any atom is 0.293 e. The number of hydrogen-bond acceptors (Lipinski definition) is 4. The third kappa shape index (κ3) is 4.32. The molecule has 0 bridgehead atoms. The molecular weight excluding hydrogens is 402 g/mol. The number of carbonyl (C=O) groups excluding carboxylic acids is 2. The van der Waals surface area contributed by atoms with Gasteiger partial charge in [0.25, 0.3) is 11.1 Å². The van der Waals surface area contributed by atoms with Crippen molar-refractivity contribution in [2.45, 2.75) is 13.5 Å². The number of halogens is 1. The Balaban J connectivity index is 1.74. The van der Waals surface area contributed by atoms with Crippen LogP contribution in [0.1, 0.15) is 18.1 Å². The predicted molar refractivity (Wildman–Crippen MR) is 103 cm³/mol. The van der Waals surface area contributed by atoms with E-state index in [4.69, 9.17) is 4.74 Å². The lowest BCUT2D eigenvalue weighted by atomic mass is 10.2. The molecule has 2 amide bonds. The molecule has 0 radical (unpaired) electrons. The summed E-state index contributed by atoms with van der Waals surface area (Å²) < 4.78 is 6.36. The number of amides is 2. The van der Waals surface area contributed by atoms with Gasteiger partial charge in [-0.05, 0) is 60.2 Å². The summed E-state index contributed by atoms with van der Waals surface area (Å²) in [6, 6.07) is 15.0. The Morgan fingerprint density at radius 2 is 1.76 bits per heavy atom. The summed E-state index contributed by atoms with van der Waals surface area (Å²) in [5, 5.41) is -0.245. The van der Waals surface area contributed by atoms with Crippen LogP contribution in [0.3, 0.4) is 0 Å². The second kappa shape index (κ2) is 7.89. The number of carbonyl (C=O) groups is 2. The van der Waals surface area contributed by atoms with Crippen molar-refractivity contribution >= 4 is 44.9 Å². The van der Waals surface area contributed by atoms with Crippen LogP contribution in [0.25, 0.3) is 6.08 Å². The van der Waals surface area contributed by atoms with Gasteiger partial charge < -0.3 is 4.74 Å². The van der Waals surface area contributed by atoms with Crippen LogP contribution in [0.2, 0.25) is 0 Å². The van der Waals surface area contributed by atoms with E-state index in [-0.39, 0.29) is 17.7 Å². The van der Waals surface area contributed by atoms with Crippen molar-refractivity contribution in [3.63, 3.8) is 0 Å². The van der Waals surface area contributed by atoms with Crippen LogP contribution in [0.4, 0.5) is 4.79 Å². The van der Waals surface area contributed by atoms with E-state index in [9.17, 15) is 9.59 Å². The quantitative estimate of drug-likeness (QED) is 0.635.